The topological polar surface area (TPSA) is 0 Å². The van der Waals surface area contributed by atoms with Gasteiger partial charge in [-0.15, -0.1) is 0 Å². The van der Waals surface area contributed by atoms with Crippen molar-refractivity contribution in [2.75, 3.05) is 0 Å². The van der Waals surface area contributed by atoms with Crippen LogP contribution < -0.4 is 5.46 Å². The first-order valence-corrected chi connectivity index (χ1v) is 9.91. The van der Waals surface area contributed by atoms with Crippen LogP contribution in [0.3, 0.4) is 0 Å². The largest absolute Gasteiger partial charge is 0.113 e. The highest BCUT2D eigenvalue weighted by Gasteiger charge is 2.22. The molecule has 0 saturated carbocycles. The van der Waals surface area contributed by atoms with Gasteiger partial charge in [-0.2, -0.15) is 0 Å². The summed E-state index contributed by atoms with van der Waals surface area (Å²) in [4.78, 5) is 0. The fourth-order valence-corrected chi connectivity index (χ4v) is 4.64. The normalized spacial score (nSPS) is 11.6. The Morgan fingerprint density at radius 2 is 1.00 bits per heavy atom. The molecule has 0 aliphatic heterocycles. The van der Waals surface area contributed by atoms with Crippen molar-refractivity contribution in [2.24, 2.45) is 0 Å². The second-order valence-electron chi connectivity index (χ2n) is 7.64. The number of rotatable bonds is 2. The van der Waals surface area contributed by atoms with E-state index in [2.05, 4.69) is 84.9 Å². The van der Waals surface area contributed by atoms with Crippen LogP contribution in [0.2, 0.25) is 0 Å². The molecule has 0 unspecified atom stereocenters. The summed E-state index contributed by atoms with van der Waals surface area (Å²) in [5.41, 5.74) is 10.9. The lowest BCUT2D eigenvalue weighted by Gasteiger charge is -2.11. The number of benzene rings is 5. The molecule has 6 rings (SSSR count). The molecule has 5 aromatic rings. The molecule has 1 aliphatic carbocycles. The van der Waals surface area contributed by atoms with Gasteiger partial charge >= 0.3 is 0 Å². The van der Waals surface area contributed by atoms with Gasteiger partial charge in [0.1, 0.15) is 7.85 Å². The summed E-state index contributed by atoms with van der Waals surface area (Å²) in [5.74, 6) is 0. The molecule has 132 valence electrons. The molecule has 29 heavy (non-hydrogen) atoms. The third-order valence-electron chi connectivity index (χ3n) is 5.94. The minimum atomic E-state index is 0.788. The smallest absolute Gasteiger partial charge is 0.0961 e. The third kappa shape index (κ3) is 2.48. The van der Waals surface area contributed by atoms with Gasteiger partial charge in [0.15, 0.2) is 0 Å². The van der Waals surface area contributed by atoms with Crippen molar-refractivity contribution in [1.29, 1.82) is 0 Å². The maximum absolute atomic E-state index is 6.00. The molecule has 0 aromatic heterocycles. The molecule has 1 heteroatoms. The number of hydrogen-bond donors (Lipinski definition) is 0. The fraction of sp³-hybridized carbons (Fsp3) is 0. The zero-order valence-corrected chi connectivity index (χ0v) is 15.9. The first-order chi connectivity index (χ1) is 14.3. The van der Waals surface area contributed by atoms with E-state index in [0.717, 1.165) is 11.0 Å². The average molecular weight is 364 g/mol. The van der Waals surface area contributed by atoms with Gasteiger partial charge in [-0.05, 0) is 61.3 Å². The van der Waals surface area contributed by atoms with E-state index in [1.54, 1.807) is 0 Å². The van der Waals surface area contributed by atoms with E-state index in [1.807, 2.05) is 18.2 Å². The van der Waals surface area contributed by atoms with Gasteiger partial charge in [0.05, 0.1) is 0 Å². The lowest BCUT2D eigenvalue weighted by molar-refractivity contribution is 1.62. The highest BCUT2D eigenvalue weighted by Crippen LogP contribution is 2.49. The van der Waals surface area contributed by atoms with Gasteiger partial charge < -0.3 is 0 Å². The Morgan fingerprint density at radius 3 is 1.79 bits per heavy atom. The SMILES string of the molecule is [B]c1cccc(-c2cccc(-c3ccc4c5c(cccc35)-c3ccccc3-4)c2)c1. The molecule has 0 nitrogen and oxygen atoms in total. The Kier molecular flexibility index (Phi) is 3.51. The molecule has 0 saturated heterocycles. The van der Waals surface area contributed by atoms with Crippen LogP contribution in [0.15, 0.2) is 103 Å². The summed E-state index contributed by atoms with van der Waals surface area (Å²) < 4.78 is 0. The van der Waals surface area contributed by atoms with Crippen LogP contribution in [-0.4, -0.2) is 7.85 Å². The van der Waals surface area contributed by atoms with Crippen LogP contribution in [-0.2, 0) is 0 Å². The molecule has 0 atom stereocenters. The fourth-order valence-electron chi connectivity index (χ4n) is 4.64. The monoisotopic (exact) mass is 364 g/mol. The van der Waals surface area contributed by atoms with Gasteiger partial charge in [-0.1, -0.05) is 103 Å². The van der Waals surface area contributed by atoms with Crippen molar-refractivity contribution in [3.8, 4) is 44.5 Å². The minimum Gasteiger partial charge on any atom is -0.0961 e. The Balaban J connectivity index is 1.58. The molecule has 0 heterocycles. The van der Waals surface area contributed by atoms with Crippen molar-refractivity contribution in [3.05, 3.63) is 103 Å². The van der Waals surface area contributed by atoms with Gasteiger partial charge in [0.2, 0.25) is 0 Å². The molecule has 1 aliphatic rings. The number of fused-ring (bicyclic) bond motifs is 3. The zero-order valence-electron chi connectivity index (χ0n) is 15.9. The standard InChI is InChI=1S/C28H17B/c29-21-9-4-7-19(17-21)18-6-3-8-20(16-18)22-14-15-27-24-11-2-1-10-23(24)26-13-5-12-25(22)28(26)27/h1-17H. The van der Waals surface area contributed by atoms with Crippen molar-refractivity contribution in [1.82, 2.24) is 0 Å². The quantitative estimate of drug-likeness (QED) is 0.303. The van der Waals surface area contributed by atoms with Gasteiger partial charge in [0.25, 0.3) is 0 Å². The highest BCUT2D eigenvalue weighted by molar-refractivity contribution is 6.32. The van der Waals surface area contributed by atoms with Crippen LogP contribution in [0, 0.1) is 0 Å². The number of hydrogen-bond acceptors (Lipinski definition) is 0. The second kappa shape index (κ2) is 6.22. The minimum absolute atomic E-state index is 0.788. The average Bonchev–Trinajstić information content (AvgIpc) is 3.10. The van der Waals surface area contributed by atoms with Crippen molar-refractivity contribution in [3.63, 3.8) is 0 Å². The molecular formula is C28H17B. The van der Waals surface area contributed by atoms with Crippen LogP contribution >= 0.6 is 0 Å². The maximum atomic E-state index is 6.00. The molecule has 0 amide bonds. The van der Waals surface area contributed by atoms with Gasteiger partial charge in [-0.25, -0.2) is 0 Å². The summed E-state index contributed by atoms with van der Waals surface area (Å²) in [6, 6.07) is 36.7. The van der Waals surface area contributed by atoms with E-state index >= 15 is 0 Å². The first kappa shape index (κ1) is 16.4. The van der Waals surface area contributed by atoms with E-state index in [-0.39, 0.29) is 0 Å². The maximum Gasteiger partial charge on any atom is 0.113 e. The Labute approximate surface area is 171 Å². The van der Waals surface area contributed by atoms with Crippen LogP contribution in [0.1, 0.15) is 0 Å². The van der Waals surface area contributed by atoms with E-state index in [9.17, 15) is 0 Å². The van der Waals surface area contributed by atoms with Crippen LogP contribution in [0.4, 0.5) is 0 Å². The Bertz CT molecular complexity index is 1380. The van der Waals surface area contributed by atoms with E-state index in [0.29, 0.717) is 0 Å². The molecule has 5 aromatic carbocycles. The van der Waals surface area contributed by atoms with Crippen molar-refractivity contribution in [2.45, 2.75) is 0 Å². The van der Waals surface area contributed by atoms with Crippen LogP contribution in [0.5, 0.6) is 0 Å². The predicted molar refractivity (Wildman–Crippen MR) is 125 cm³/mol. The van der Waals surface area contributed by atoms with E-state index < -0.39 is 0 Å². The van der Waals surface area contributed by atoms with Gasteiger partial charge in [0, 0.05) is 0 Å². The second-order valence-corrected chi connectivity index (χ2v) is 7.64. The van der Waals surface area contributed by atoms with Gasteiger partial charge in [-0.3, -0.25) is 0 Å². The van der Waals surface area contributed by atoms with E-state index in [4.69, 9.17) is 7.85 Å². The molecule has 0 bridgehead atoms. The highest BCUT2D eigenvalue weighted by atomic mass is 14.2. The molecule has 0 spiro atoms. The van der Waals surface area contributed by atoms with Crippen molar-refractivity contribution >= 4 is 24.1 Å². The molecule has 2 radical (unpaired) electrons. The summed E-state index contributed by atoms with van der Waals surface area (Å²) in [6.45, 7) is 0. The summed E-state index contributed by atoms with van der Waals surface area (Å²) in [5, 5.41) is 2.67. The molecule has 0 fully saturated rings. The third-order valence-corrected chi connectivity index (χ3v) is 5.94. The lowest BCUT2D eigenvalue weighted by Crippen LogP contribution is -2.00. The first-order valence-electron chi connectivity index (χ1n) is 9.91. The zero-order chi connectivity index (χ0) is 19.4. The summed E-state index contributed by atoms with van der Waals surface area (Å²) in [7, 11) is 6.00. The Morgan fingerprint density at radius 1 is 0.414 bits per heavy atom. The lowest BCUT2D eigenvalue weighted by atomic mass is 9.90. The molecular weight excluding hydrogens is 347 g/mol. The molecule has 0 N–H and O–H groups in total. The van der Waals surface area contributed by atoms with Crippen LogP contribution in [0.25, 0.3) is 55.3 Å². The summed E-state index contributed by atoms with van der Waals surface area (Å²) >= 11 is 0. The van der Waals surface area contributed by atoms with E-state index in [1.165, 1.54) is 49.7 Å². The predicted octanol–water partition coefficient (Wildman–Crippen LogP) is 6.62. The van der Waals surface area contributed by atoms with Crippen molar-refractivity contribution < 1.29 is 0 Å². The summed E-state index contributed by atoms with van der Waals surface area (Å²) in [6.07, 6.45) is 0. The Hall–Kier alpha value is -3.58.